The molecule has 0 spiro atoms. The smallest absolute Gasteiger partial charge is 0.122 e. The maximum atomic E-state index is 9.36. The third-order valence-electron chi connectivity index (χ3n) is 3.23. The van der Waals surface area contributed by atoms with Gasteiger partial charge in [0.15, 0.2) is 0 Å². The maximum Gasteiger partial charge on any atom is 0.122 e. The van der Waals surface area contributed by atoms with Crippen molar-refractivity contribution in [1.29, 1.82) is 0 Å². The zero-order valence-corrected chi connectivity index (χ0v) is 8.71. The van der Waals surface area contributed by atoms with Crippen LogP contribution in [0.15, 0.2) is 18.2 Å². The highest BCUT2D eigenvalue weighted by Gasteiger charge is 2.44. The van der Waals surface area contributed by atoms with Gasteiger partial charge in [-0.2, -0.15) is 0 Å². The van der Waals surface area contributed by atoms with Crippen molar-refractivity contribution < 1.29 is 9.84 Å². The number of aliphatic hydroxyl groups is 1. The fourth-order valence-corrected chi connectivity index (χ4v) is 2.07. The van der Waals surface area contributed by atoms with Crippen molar-refractivity contribution in [2.24, 2.45) is 0 Å². The lowest BCUT2D eigenvalue weighted by molar-refractivity contribution is 0.254. The first-order chi connectivity index (χ1) is 6.73. The van der Waals surface area contributed by atoms with Gasteiger partial charge in [0.1, 0.15) is 5.75 Å². The minimum Gasteiger partial charge on any atom is -0.496 e. The number of aliphatic hydroxyl groups excluding tert-OH is 1. The van der Waals surface area contributed by atoms with Gasteiger partial charge in [0.2, 0.25) is 0 Å². The molecule has 0 heterocycles. The van der Waals surface area contributed by atoms with E-state index in [1.54, 1.807) is 7.11 Å². The van der Waals surface area contributed by atoms with Crippen LogP contribution in [0.4, 0.5) is 0 Å². The Bertz CT molecular complexity index is 340. The Balaban J connectivity index is 2.43. The van der Waals surface area contributed by atoms with Gasteiger partial charge in [0.25, 0.3) is 0 Å². The zero-order valence-electron chi connectivity index (χ0n) is 8.71. The maximum absolute atomic E-state index is 9.36. The van der Waals surface area contributed by atoms with Gasteiger partial charge in [-0.15, -0.1) is 0 Å². The van der Waals surface area contributed by atoms with E-state index >= 15 is 0 Å². The summed E-state index contributed by atoms with van der Waals surface area (Å²) in [6.07, 6.45) is 2.19. The summed E-state index contributed by atoms with van der Waals surface area (Å²) in [5, 5.41) is 9.36. The monoisotopic (exact) mass is 192 g/mol. The summed E-state index contributed by atoms with van der Waals surface area (Å²) in [4.78, 5) is 0. The number of hydrogen-bond acceptors (Lipinski definition) is 2. The van der Waals surface area contributed by atoms with E-state index in [2.05, 4.69) is 13.0 Å². The van der Waals surface area contributed by atoms with Crippen molar-refractivity contribution in [3.63, 3.8) is 0 Å². The van der Waals surface area contributed by atoms with Gasteiger partial charge in [-0.3, -0.25) is 0 Å². The highest BCUT2D eigenvalue weighted by atomic mass is 16.5. The minimum atomic E-state index is 0.0403. The van der Waals surface area contributed by atoms with Crippen molar-refractivity contribution in [1.82, 2.24) is 0 Å². The predicted molar refractivity (Wildman–Crippen MR) is 55.7 cm³/mol. The fraction of sp³-hybridized carbons (Fsp3) is 0.500. The number of benzene rings is 1. The second kappa shape index (κ2) is 3.28. The molecule has 1 aliphatic rings. The molecular weight excluding hydrogens is 176 g/mol. The van der Waals surface area contributed by atoms with Crippen LogP contribution < -0.4 is 4.74 Å². The van der Waals surface area contributed by atoms with Crippen LogP contribution in [-0.2, 0) is 5.41 Å². The lowest BCUT2D eigenvalue weighted by Crippen LogP contribution is -2.13. The first-order valence-electron chi connectivity index (χ1n) is 4.98. The Hall–Kier alpha value is -1.02. The van der Waals surface area contributed by atoms with E-state index in [-0.39, 0.29) is 12.0 Å². The van der Waals surface area contributed by atoms with Crippen molar-refractivity contribution in [3.8, 4) is 5.75 Å². The van der Waals surface area contributed by atoms with E-state index in [4.69, 9.17) is 4.74 Å². The highest BCUT2D eigenvalue weighted by Crippen LogP contribution is 2.49. The molecule has 1 aromatic carbocycles. The largest absolute Gasteiger partial charge is 0.496 e. The molecule has 0 aromatic heterocycles. The van der Waals surface area contributed by atoms with E-state index in [0.29, 0.717) is 0 Å². The number of rotatable bonds is 3. The number of ether oxygens (including phenoxy) is 1. The molecule has 2 nitrogen and oxygen atoms in total. The summed E-state index contributed by atoms with van der Waals surface area (Å²) >= 11 is 0. The van der Waals surface area contributed by atoms with Gasteiger partial charge >= 0.3 is 0 Å². The topological polar surface area (TPSA) is 29.5 Å². The summed E-state index contributed by atoms with van der Waals surface area (Å²) < 4.78 is 5.27. The summed E-state index contributed by atoms with van der Waals surface area (Å²) in [7, 11) is 1.69. The minimum absolute atomic E-state index is 0.0403. The van der Waals surface area contributed by atoms with E-state index in [1.807, 2.05) is 12.1 Å². The zero-order chi connectivity index (χ0) is 10.2. The molecule has 76 valence electrons. The molecule has 0 aliphatic heterocycles. The van der Waals surface area contributed by atoms with Crippen LogP contribution in [0.5, 0.6) is 5.75 Å². The molecule has 1 aromatic rings. The quantitative estimate of drug-likeness (QED) is 0.794. The molecule has 0 atom stereocenters. The van der Waals surface area contributed by atoms with Crippen LogP contribution >= 0.6 is 0 Å². The molecule has 2 heteroatoms. The summed E-state index contributed by atoms with van der Waals surface area (Å²) in [5.41, 5.74) is 2.46. The molecule has 1 aliphatic carbocycles. The Morgan fingerprint density at radius 2 is 2.14 bits per heavy atom. The molecule has 1 N–H and O–H groups in total. The van der Waals surface area contributed by atoms with Crippen molar-refractivity contribution in [3.05, 3.63) is 29.3 Å². The van der Waals surface area contributed by atoms with Crippen LogP contribution in [0, 0.1) is 6.92 Å². The van der Waals surface area contributed by atoms with E-state index in [0.717, 1.165) is 18.6 Å². The Morgan fingerprint density at radius 1 is 1.43 bits per heavy atom. The lowest BCUT2D eigenvalue weighted by Gasteiger charge is -2.17. The Labute approximate surface area is 84.5 Å². The van der Waals surface area contributed by atoms with Crippen molar-refractivity contribution >= 4 is 0 Å². The third-order valence-corrected chi connectivity index (χ3v) is 3.23. The molecule has 2 rings (SSSR count). The van der Waals surface area contributed by atoms with Crippen LogP contribution in [0.2, 0.25) is 0 Å². The molecule has 0 unspecified atom stereocenters. The van der Waals surface area contributed by atoms with Gasteiger partial charge < -0.3 is 9.84 Å². The molecule has 14 heavy (non-hydrogen) atoms. The van der Waals surface area contributed by atoms with Gasteiger partial charge in [0, 0.05) is 5.41 Å². The first kappa shape index (κ1) is 9.53. The summed E-state index contributed by atoms with van der Waals surface area (Å²) in [5.74, 6) is 0.919. The van der Waals surface area contributed by atoms with E-state index in [9.17, 15) is 5.11 Å². The van der Waals surface area contributed by atoms with Crippen molar-refractivity contribution in [2.45, 2.75) is 25.2 Å². The van der Waals surface area contributed by atoms with Crippen molar-refractivity contribution in [2.75, 3.05) is 13.7 Å². The number of hydrogen-bond donors (Lipinski definition) is 1. The summed E-state index contributed by atoms with van der Waals surface area (Å²) in [6.45, 7) is 2.31. The Morgan fingerprint density at radius 3 is 2.64 bits per heavy atom. The molecule has 0 amide bonds. The van der Waals surface area contributed by atoms with Crippen LogP contribution in [-0.4, -0.2) is 18.8 Å². The second-order valence-electron chi connectivity index (χ2n) is 4.07. The normalized spacial score (nSPS) is 17.9. The molecule has 0 radical (unpaired) electrons. The molecule has 1 saturated carbocycles. The third kappa shape index (κ3) is 1.30. The van der Waals surface area contributed by atoms with E-state index in [1.165, 1.54) is 11.1 Å². The first-order valence-corrected chi connectivity index (χ1v) is 4.98. The Kier molecular flexibility index (Phi) is 2.23. The second-order valence-corrected chi connectivity index (χ2v) is 4.07. The highest BCUT2D eigenvalue weighted by molar-refractivity contribution is 5.45. The number of methoxy groups -OCH3 is 1. The molecular formula is C12H16O2. The predicted octanol–water partition coefficient (Wildman–Crippen LogP) is 2.03. The average Bonchev–Trinajstić information content (AvgIpc) is 2.99. The summed E-state index contributed by atoms with van der Waals surface area (Å²) in [6, 6.07) is 6.06. The van der Waals surface area contributed by atoms with Crippen LogP contribution in [0.25, 0.3) is 0 Å². The molecule has 0 bridgehead atoms. The average molecular weight is 192 g/mol. The van der Waals surface area contributed by atoms with Gasteiger partial charge in [-0.1, -0.05) is 12.1 Å². The SMILES string of the molecule is COc1cccc(C2(CO)CC2)c1C. The van der Waals surface area contributed by atoms with Crippen LogP contribution in [0.3, 0.4) is 0 Å². The lowest BCUT2D eigenvalue weighted by atomic mass is 9.92. The van der Waals surface area contributed by atoms with Crippen LogP contribution in [0.1, 0.15) is 24.0 Å². The van der Waals surface area contributed by atoms with Gasteiger partial charge in [0.05, 0.1) is 13.7 Å². The van der Waals surface area contributed by atoms with Gasteiger partial charge in [-0.25, -0.2) is 0 Å². The van der Waals surface area contributed by atoms with E-state index < -0.39 is 0 Å². The van der Waals surface area contributed by atoms with Gasteiger partial charge in [-0.05, 0) is 37.0 Å². The standard InChI is InChI=1S/C12H16O2/c1-9-10(12(8-13)6-7-12)4-3-5-11(9)14-2/h3-5,13H,6-8H2,1-2H3. The molecule has 1 fully saturated rings. The fourth-order valence-electron chi connectivity index (χ4n) is 2.07. The molecule has 0 saturated heterocycles.